The monoisotopic (exact) mass is 524 g/mol. The third kappa shape index (κ3) is 5.77. The van der Waals surface area contributed by atoms with Gasteiger partial charge in [0.2, 0.25) is 5.91 Å². The lowest BCUT2D eigenvalue weighted by atomic mass is 10.0. The number of alkyl halides is 2. The average Bonchev–Trinajstić information content (AvgIpc) is 3.46. The van der Waals surface area contributed by atoms with Gasteiger partial charge in [-0.05, 0) is 49.2 Å². The molecule has 0 spiro atoms. The standard InChI is InChI=1S/C28H34F2N4O2Si/c1-8-9-24(36-37(6,7)27(3,4)5)23-10-17(2)20(16-32-23)18-11-19-15-33-25(12-22(19)31-14-18)34-26(35)21-13-28(21,29)30/h8,10-12,14-16,21,24H,1,9,13H2,2-7H3,(H,33,34,35)/t21-,24?/m1/s1. The minimum Gasteiger partial charge on any atom is -0.408 e. The molecule has 2 atom stereocenters. The van der Waals surface area contributed by atoms with Crippen LogP contribution in [0.15, 0.2) is 49.4 Å². The summed E-state index contributed by atoms with van der Waals surface area (Å²) in [5, 5.41) is 3.31. The Morgan fingerprint density at radius 1 is 1.22 bits per heavy atom. The quantitative estimate of drug-likeness (QED) is 0.248. The van der Waals surface area contributed by atoms with Gasteiger partial charge in [-0.15, -0.1) is 6.58 Å². The SMILES string of the molecule is C=CCC(O[Si](C)(C)C(C)(C)C)c1cc(C)c(-c2cnc3cc(NC(=O)[C@H]4CC4(F)F)ncc3c2)cn1. The van der Waals surface area contributed by atoms with Crippen LogP contribution in [0.3, 0.4) is 0 Å². The predicted octanol–water partition coefficient (Wildman–Crippen LogP) is 7.23. The molecule has 1 aliphatic rings. The molecule has 1 amide bonds. The molecule has 1 aliphatic carbocycles. The molecule has 3 heterocycles. The number of aryl methyl sites for hydroxylation is 1. The fourth-order valence-electron chi connectivity index (χ4n) is 3.92. The highest BCUT2D eigenvalue weighted by Crippen LogP contribution is 2.49. The van der Waals surface area contributed by atoms with E-state index in [1.54, 1.807) is 18.5 Å². The topological polar surface area (TPSA) is 77.0 Å². The number of halogens is 2. The Morgan fingerprint density at radius 3 is 2.51 bits per heavy atom. The number of aromatic nitrogens is 3. The zero-order valence-electron chi connectivity index (χ0n) is 22.2. The summed E-state index contributed by atoms with van der Waals surface area (Å²) in [7, 11) is -2.01. The van der Waals surface area contributed by atoms with Crippen LogP contribution in [0.1, 0.15) is 51.0 Å². The molecule has 3 aromatic rings. The molecule has 1 unspecified atom stereocenters. The third-order valence-corrected chi connectivity index (χ3v) is 11.8. The minimum atomic E-state index is -2.92. The molecule has 0 aliphatic heterocycles. The van der Waals surface area contributed by atoms with Gasteiger partial charge in [-0.25, -0.2) is 13.8 Å². The van der Waals surface area contributed by atoms with Gasteiger partial charge >= 0.3 is 0 Å². The number of carbonyl (C=O) groups is 1. The molecule has 1 saturated carbocycles. The van der Waals surface area contributed by atoms with Crippen LogP contribution in [0.5, 0.6) is 0 Å². The molecule has 9 heteroatoms. The van der Waals surface area contributed by atoms with Crippen LogP contribution in [-0.4, -0.2) is 35.1 Å². The van der Waals surface area contributed by atoms with E-state index in [1.165, 1.54) is 0 Å². The molecular weight excluding hydrogens is 490 g/mol. The summed E-state index contributed by atoms with van der Waals surface area (Å²) in [4.78, 5) is 25.5. The number of hydrogen-bond acceptors (Lipinski definition) is 5. The highest BCUT2D eigenvalue weighted by Gasteiger charge is 2.61. The molecule has 196 valence electrons. The maximum Gasteiger partial charge on any atom is 0.260 e. The van der Waals surface area contributed by atoms with Crippen LogP contribution in [0.25, 0.3) is 22.0 Å². The number of rotatable bonds is 8. The van der Waals surface area contributed by atoms with E-state index in [9.17, 15) is 13.6 Å². The second-order valence-electron chi connectivity index (χ2n) is 11.3. The second kappa shape index (κ2) is 9.68. The Bertz CT molecular complexity index is 1350. The normalized spacial score (nSPS) is 17.9. The second-order valence-corrected chi connectivity index (χ2v) is 16.1. The van der Waals surface area contributed by atoms with Crippen molar-refractivity contribution >= 4 is 30.9 Å². The van der Waals surface area contributed by atoms with Crippen molar-refractivity contribution in [2.45, 2.75) is 70.7 Å². The number of nitrogens with one attached hydrogen (secondary N) is 1. The van der Waals surface area contributed by atoms with Crippen LogP contribution in [-0.2, 0) is 9.22 Å². The van der Waals surface area contributed by atoms with Gasteiger partial charge < -0.3 is 9.74 Å². The summed E-state index contributed by atoms with van der Waals surface area (Å²) in [6.45, 7) is 17.1. The highest BCUT2D eigenvalue weighted by atomic mass is 28.4. The van der Waals surface area contributed by atoms with Crippen LogP contribution in [0, 0.1) is 12.8 Å². The highest BCUT2D eigenvalue weighted by molar-refractivity contribution is 6.74. The Labute approximate surface area is 217 Å². The zero-order valence-corrected chi connectivity index (χ0v) is 23.2. The van der Waals surface area contributed by atoms with E-state index in [-0.39, 0.29) is 17.0 Å². The van der Waals surface area contributed by atoms with Crippen LogP contribution >= 0.6 is 0 Å². The van der Waals surface area contributed by atoms with Crippen molar-refractivity contribution in [2.75, 3.05) is 5.32 Å². The molecule has 3 aromatic heterocycles. The van der Waals surface area contributed by atoms with Gasteiger partial charge in [0.05, 0.1) is 17.3 Å². The van der Waals surface area contributed by atoms with Gasteiger partial charge in [0, 0.05) is 47.6 Å². The smallest absolute Gasteiger partial charge is 0.260 e. The van der Waals surface area contributed by atoms with Crippen LogP contribution in [0.2, 0.25) is 18.1 Å². The number of pyridine rings is 3. The maximum atomic E-state index is 13.2. The predicted molar refractivity (Wildman–Crippen MR) is 145 cm³/mol. The van der Waals surface area contributed by atoms with E-state index in [1.807, 2.05) is 25.3 Å². The lowest BCUT2D eigenvalue weighted by Gasteiger charge is -2.39. The van der Waals surface area contributed by atoms with E-state index in [4.69, 9.17) is 9.41 Å². The minimum absolute atomic E-state index is 0.0812. The van der Waals surface area contributed by atoms with E-state index in [2.05, 4.69) is 61.8 Å². The zero-order chi connectivity index (χ0) is 27.2. The first-order valence-electron chi connectivity index (χ1n) is 12.4. The number of amides is 1. The lowest BCUT2D eigenvalue weighted by molar-refractivity contribution is -0.119. The molecule has 0 radical (unpaired) electrons. The molecule has 0 aromatic carbocycles. The fraction of sp³-hybridized carbons (Fsp3) is 0.429. The van der Waals surface area contributed by atoms with Crippen LogP contribution < -0.4 is 5.32 Å². The molecule has 1 N–H and O–H groups in total. The average molecular weight is 525 g/mol. The summed E-state index contributed by atoms with van der Waals surface area (Å²) in [5.41, 5.74) is 4.35. The number of hydrogen-bond donors (Lipinski definition) is 1. The summed E-state index contributed by atoms with van der Waals surface area (Å²) >= 11 is 0. The first-order chi connectivity index (χ1) is 17.2. The van der Waals surface area contributed by atoms with Crippen molar-refractivity contribution in [1.82, 2.24) is 15.0 Å². The number of anilines is 1. The van der Waals surface area contributed by atoms with Gasteiger partial charge in [-0.3, -0.25) is 14.8 Å². The molecule has 37 heavy (non-hydrogen) atoms. The number of nitrogens with zero attached hydrogens (tertiary/aromatic N) is 3. The molecular formula is C28H34F2N4O2Si. The summed E-state index contributed by atoms with van der Waals surface area (Å²) in [6.07, 6.45) is 7.13. The van der Waals surface area contributed by atoms with Gasteiger partial charge in [0.15, 0.2) is 8.32 Å². The van der Waals surface area contributed by atoms with Crippen molar-refractivity contribution < 1.29 is 18.0 Å². The molecule has 0 saturated heterocycles. The number of carbonyl (C=O) groups excluding carboxylic acids is 1. The van der Waals surface area contributed by atoms with E-state index < -0.39 is 32.5 Å². The Morgan fingerprint density at radius 2 is 1.92 bits per heavy atom. The van der Waals surface area contributed by atoms with Crippen LogP contribution in [0.4, 0.5) is 14.6 Å². The first kappa shape index (κ1) is 27.0. The van der Waals surface area contributed by atoms with Gasteiger partial charge in [-0.2, -0.15) is 0 Å². The van der Waals surface area contributed by atoms with Gasteiger partial charge in [0.25, 0.3) is 5.92 Å². The Hall–Kier alpha value is -3.04. The van der Waals surface area contributed by atoms with Crippen molar-refractivity contribution in [3.63, 3.8) is 0 Å². The molecule has 1 fully saturated rings. The number of fused-ring (bicyclic) bond motifs is 1. The van der Waals surface area contributed by atoms with E-state index in [0.717, 1.165) is 27.8 Å². The summed E-state index contributed by atoms with van der Waals surface area (Å²) < 4.78 is 33.0. The van der Waals surface area contributed by atoms with Gasteiger partial charge in [0.1, 0.15) is 11.7 Å². The van der Waals surface area contributed by atoms with Gasteiger partial charge in [-0.1, -0.05) is 26.8 Å². The Kier molecular flexibility index (Phi) is 7.07. The van der Waals surface area contributed by atoms with Crippen molar-refractivity contribution in [3.8, 4) is 11.1 Å². The third-order valence-electron chi connectivity index (χ3n) is 7.36. The van der Waals surface area contributed by atoms with E-state index >= 15 is 0 Å². The van der Waals surface area contributed by atoms with Crippen molar-refractivity contribution in [1.29, 1.82) is 0 Å². The van der Waals surface area contributed by atoms with Crippen molar-refractivity contribution in [2.24, 2.45) is 5.92 Å². The largest absolute Gasteiger partial charge is 0.408 e. The fourth-order valence-corrected chi connectivity index (χ4v) is 5.20. The van der Waals surface area contributed by atoms with Crippen molar-refractivity contribution in [3.05, 3.63) is 60.7 Å². The Balaban J connectivity index is 1.56. The summed E-state index contributed by atoms with van der Waals surface area (Å²) in [6, 6.07) is 5.60. The van der Waals surface area contributed by atoms with E-state index in [0.29, 0.717) is 11.9 Å². The maximum absolute atomic E-state index is 13.2. The summed E-state index contributed by atoms with van der Waals surface area (Å²) in [5.74, 6) is -4.71. The molecule has 4 rings (SSSR count). The first-order valence-corrected chi connectivity index (χ1v) is 15.3. The molecule has 0 bridgehead atoms. The molecule has 6 nitrogen and oxygen atoms in total. The lowest BCUT2D eigenvalue weighted by Crippen LogP contribution is -2.41.